The number of imide groups is 1. The highest BCUT2D eigenvalue weighted by Crippen LogP contribution is 2.19. The number of aromatic hydroxyl groups is 1. The molecule has 7 N–H and O–H groups in total. The van der Waals surface area contributed by atoms with Gasteiger partial charge in [-0.2, -0.15) is 5.26 Å². The van der Waals surface area contributed by atoms with Gasteiger partial charge in [-0.05, 0) is 54.9 Å². The first-order chi connectivity index (χ1) is 21.3. The number of carbonyl (C=O) groups is 5. The van der Waals surface area contributed by atoms with Crippen molar-refractivity contribution < 1.29 is 38.9 Å². The number of amides is 3. The molecule has 13 heteroatoms. The Balaban J connectivity index is 2.28. The largest absolute Gasteiger partial charge is 0.508 e. The predicted molar refractivity (Wildman–Crippen MR) is 163 cm³/mol. The second-order valence-corrected chi connectivity index (χ2v) is 11.0. The third kappa shape index (κ3) is 12.0. The van der Waals surface area contributed by atoms with Crippen LogP contribution in [0, 0.1) is 17.2 Å². The number of nitrogens with one attached hydrogen (secondary N) is 1. The molecule has 0 aliphatic rings. The average Bonchev–Trinajstić information content (AvgIpc) is 3.01. The summed E-state index contributed by atoms with van der Waals surface area (Å²) in [5.74, 6) is -4.84. The molecule has 13 nitrogen and oxygen atoms in total. The van der Waals surface area contributed by atoms with Gasteiger partial charge in [-0.15, -0.1) is 0 Å². The number of esters is 1. The zero-order valence-electron chi connectivity index (χ0n) is 25.4. The molecule has 0 bridgehead atoms. The molecule has 3 amide bonds. The van der Waals surface area contributed by atoms with Crippen molar-refractivity contribution in [1.29, 1.82) is 5.26 Å². The number of rotatable bonds is 17. The van der Waals surface area contributed by atoms with Gasteiger partial charge in [0.25, 0.3) is 0 Å². The van der Waals surface area contributed by atoms with E-state index in [9.17, 15) is 34.3 Å². The standard InChI is InChI=1S/C32H41N5O8/c1-20(2)29(35)31(43)37(27(39)16-13-21-11-14-24(38)15-12-21)26(30(42)36-23(18-33)17-28(40)41)10-6-9-25(34)32(44)45-19-22-7-4-3-5-8-22/h3-5,7-8,11-12,14-15,20,23,25-26,29,38H,6,9-10,13,16-17,19,34-35H2,1-2H3,(H,36,42)(H,40,41)/t23?,25?,26-,29-/m0/s1. The molecule has 45 heavy (non-hydrogen) atoms. The molecule has 0 fully saturated rings. The molecule has 0 spiro atoms. The van der Waals surface area contributed by atoms with Crippen LogP contribution in [0.2, 0.25) is 0 Å². The number of nitrogens with zero attached hydrogens (tertiary/aromatic N) is 2. The van der Waals surface area contributed by atoms with E-state index >= 15 is 0 Å². The average molecular weight is 624 g/mol. The minimum atomic E-state index is -1.48. The van der Waals surface area contributed by atoms with E-state index in [0.29, 0.717) is 5.56 Å². The van der Waals surface area contributed by atoms with Gasteiger partial charge in [-0.25, -0.2) is 0 Å². The third-order valence-corrected chi connectivity index (χ3v) is 7.06. The summed E-state index contributed by atoms with van der Waals surface area (Å²) in [4.78, 5) is 65.2. The lowest BCUT2D eigenvalue weighted by Crippen LogP contribution is -2.58. The summed E-state index contributed by atoms with van der Waals surface area (Å²) in [6.07, 6.45) is -0.769. The number of hydrogen-bond acceptors (Lipinski definition) is 10. The third-order valence-electron chi connectivity index (χ3n) is 7.06. The first kappa shape index (κ1) is 36.4. The van der Waals surface area contributed by atoms with E-state index in [-0.39, 0.29) is 44.5 Å². The normalized spacial score (nSPS) is 13.5. The van der Waals surface area contributed by atoms with Gasteiger partial charge in [0.1, 0.15) is 30.5 Å². The number of phenols is 1. The van der Waals surface area contributed by atoms with Crippen molar-refractivity contribution >= 4 is 29.7 Å². The summed E-state index contributed by atoms with van der Waals surface area (Å²) < 4.78 is 5.28. The second kappa shape index (κ2) is 18.1. The van der Waals surface area contributed by atoms with Gasteiger partial charge in [0.2, 0.25) is 17.7 Å². The highest BCUT2D eigenvalue weighted by Gasteiger charge is 2.38. The summed E-state index contributed by atoms with van der Waals surface area (Å²) in [5.41, 5.74) is 13.6. The lowest BCUT2D eigenvalue weighted by Gasteiger charge is -2.33. The van der Waals surface area contributed by atoms with Crippen molar-refractivity contribution in [2.75, 3.05) is 0 Å². The molecule has 4 atom stereocenters. The Morgan fingerprint density at radius 2 is 1.62 bits per heavy atom. The molecule has 2 aromatic rings. The number of hydrogen-bond donors (Lipinski definition) is 5. The van der Waals surface area contributed by atoms with Crippen LogP contribution in [-0.4, -0.2) is 68.9 Å². The summed E-state index contributed by atoms with van der Waals surface area (Å²) in [6.45, 7) is 3.37. The van der Waals surface area contributed by atoms with E-state index in [0.717, 1.165) is 10.5 Å². The number of aryl methyl sites for hydroxylation is 1. The number of nitrogens with two attached hydrogens (primary N) is 2. The maximum atomic E-state index is 13.6. The van der Waals surface area contributed by atoms with Gasteiger partial charge < -0.3 is 31.7 Å². The topological polar surface area (TPSA) is 226 Å². The zero-order valence-corrected chi connectivity index (χ0v) is 25.4. The van der Waals surface area contributed by atoms with Gasteiger partial charge in [0.05, 0.1) is 18.5 Å². The maximum absolute atomic E-state index is 13.6. The summed E-state index contributed by atoms with van der Waals surface area (Å²) in [6, 6.07) is 11.7. The lowest BCUT2D eigenvalue weighted by atomic mass is 9.98. The van der Waals surface area contributed by atoms with Gasteiger partial charge in [-0.1, -0.05) is 56.3 Å². The summed E-state index contributed by atoms with van der Waals surface area (Å²) in [5, 5.41) is 30.4. The van der Waals surface area contributed by atoms with Gasteiger partial charge >= 0.3 is 11.9 Å². The van der Waals surface area contributed by atoms with Crippen LogP contribution in [0.1, 0.15) is 57.1 Å². The minimum Gasteiger partial charge on any atom is -0.508 e. The zero-order chi connectivity index (χ0) is 33.5. The molecule has 2 rings (SSSR count). The van der Waals surface area contributed by atoms with Crippen LogP contribution in [-0.2, 0) is 41.7 Å². The number of carboxylic acids is 1. The molecule has 0 saturated carbocycles. The fourth-order valence-electron chi connectivity index (χ4n) is 4.36. The molecule has 0 heterocycles. The summed E-state index contributed by atoms with van der Waals surface area (Å²) >= 11 is 0. The van der Waals surface area contributed by atoms with Crippen LogP contribution in [0.25, 0.3) is 0 Å². The molecule has 0 saturated heterocycles. The van der Waals surface area contributed by atoms with Crippen LogP contribution in [0.3, 0.4) is 0 Å². The monoisotopic (exact) mass is 623 g/mol. The first-order valence-electron chi connectivity index (χ1n) is 14.6. The highest BCUT2D eigenvalue weighted by atomic mass is 16.5. The lowest BCUT2D eigenvalue weighted by molar-refractivity contribution is -0.154. The van der Waals surface area contributed by atoms with Gasteiger partial charge in [-0.3, -0.25) is 28.9 Å². The van der Waals surface area contributed by atoms with Gasteiger partial charge in [0.15, 0.2) is 0 Å². The number of carbonyl (C=O) groups excluding carboxylic acids is 4. The van der Waals surface area contributed by atoms with Crippen molar-refractivity contribution in [3.8, 4) is 11.8 Å². The van der Waals surface area contributed by atoms with Crippen LogP contribution in [0.15, 0.2) is 54.6 Å². The highest BCUT2D eigenvalue weighted by molar-refractivity contribution is 6.02. The van der Waals surface area contributed by atoms with Crippen LogP contribution in [0.5, 0.6) is 5.75 Å². The van der Waals surface area contributed by atoms with E-state index in [4.69, 9.17) is 21.3 Å². The smallest absolute Gasteiger partial charge is 0.323 e. The van der Waals surface area contributed by atoms with E-state index in [1.54, 1.807) is 56.3 Å². The van der Waals surface area contributed by atoms with Crippen molar-refractivity contribution in [2.45, 2.75) is 83.1 Å². The molecule has 0 aliphatic heterocycles. The minimum absolute atomic E-state index is 0.0163. The molecular weight excluding hydrogens is 582 g/mol. The number of ether oxygens (including phenoxy) is 1. The van der Waals surface area contributed by atoms with Crippen LogP contribution < -0.4 is 16.8 Å². The van der Waals surface area contributed by atoms with Crippen molar-refractivity contribution in [2.24, 2.45) is 17.4 Å². The van der Waals surface area contributed by atoms with E-state index < -0.39 is 66.2 Å². The molecule has 2 aromatic carbocycles. The molecule has 242 valence electrons. The second-order valence-electron chi connectivity index (χ2n) is 11.0. The number of nitriles is 1. The van der Waals surface area contributed by atoms with Gasteiger partial charge in [0, 0.05) is 6.42 Å². The van der Waals surface area contributed by atoms with Crippen molar-refractivity contribution in [3.63, 3.8) is 0 Å². The fourth-order valence-corrected chi connectivity index (χ4v) is 4.36. The Morgan fingerprint density at radius 3 is 2.20 bits per heavy atom. The maximum Gasteiger partial charge on any atom is 0.323 e. The van der Waals surface area contributed by atoms with E-state index in [1.165, 1.54) is 12.1 Å². The van der Waals surface area contributed by atoms with E-state index in [2.05, 4.69) is 5.32 Å². The SMILES string of the molecule is CC(C)[C@H](N)C(=O)N(C(=O)CCc1ccc(O)cc1)[C@@H](CCCC(N)C(=O)OCc1ccccc1)C(=O)NC(C#N)CC(=O)O. The van der Waals surface area contributed by atoms with Crippen LogP contribution >= 0.6 is 0 Å². The number of carboxylic acid groups (broad SMARTS) is 1. The molecule has 0 aliphatic carbocycles. The van der Waals surface area contributed by atoms with Crippen molar-refractivity contribution in [3.05, 3.63) is 65.7 Å². The Bertz CT molecular complexity index is 1340. The van der Waals surface area contributed by atoms with Crippen LogP contribution in [0.4, 0.5) is 0 Å². The number of phenolic OH excluding ortho intramolecular Hbond substituents is 1. The van der Waals surface area contributed by atoms with Crippen molar-refractivity contribution in [1.82, 2.24) is 10.2 Å². The molecule has 2 unspecified atom stereocenters. The fraction of sp³-hybridized carbons (Fsp3) is 0.438. The molecular formula is C32H41N5O8. The predicted octanol–water partition coefficient (Wildman–Crippen LogP) is 1.76. The van der Waals surface area contributed by atoms with E-state index in [1.807, 2.05) is 6.07 Å². The number of aliphatic carboxylic acids is 1. The molecule has 0 aromatic heterocycles. The Morgan fingerprint density at radius 1 is 0.978 bits per heavy atom. The first-order valence-corrected chi connectivity index (χ1v) is 14.6. The Kier molecular flexibility index (Phi) is 14.6. The summed E-state index contributed by atoms with van der Waals surface area (Å²) in [7, 11) is 0. The molecule has 0 radical (unpaired) electrons. The number of benzene rings is 2. The quantitative estimate of drug-likeness (QED) is 0.160. The Labute approximate surface area is 262 Å². The Hall–Kier alpha value is -4.80.